The van der Waals surface area contributed by atoms with Crippen LogP contribution >= 0.6 is 0 Å². The van der Waals surface area contributed by atoms with Gasteiger partial charge in [0, 0.05) is 11.5 Å². The molecule has 1 heterocycles. The Bertz CT molecular complexity index is 606. The molecule has 4 N–H and O–H groups in total. The summed E-state index contributed by atoms with van der Waals surface area (Å²) in [6.07, 6.45) is 0.654. The summed E-state index contributed by atoms with van der Waals surface area (Å²) in [6.45, 7) is 3.47. The van der Waals surface area contributed by atoms with E-state index in [4.69, 9.17) is 5.11 Å². The number of aromatic carboxylic acids is 1. The van der Waals surface area contributed by atoms with Gasteiger partial charge in [-0.15, -0.1) is 0 Å². The highest BCUT2D eigenvalue weighted by atomic mass is 32.2. The number of nitrogens with zero attached hydrogens (tertiary/aromatic N) is 1. The summed E-state index contributed by atoms with van der Waals surface area (Å²) in [4.78, 5) is 10.9. The van der Waals surface area contributed by atoms with E-state index in [1.165, 1.54) is 0 Å². The van der Waals surface area contributed by atoms with Crippen LogP contribution in [0.25, 0.3) is 0 Å². The molecule has 2 rings (SSSR count). The first-order chi connectivity index (χ1) is 8.66. The number of hydrogen-bond acceptors (Lipinski definition) is 5. The quantitative estimate of drug-likeness (QED) is 0.593. The smallest absolute Gasteiger partial charge is 0.340 e. The lowest BCUT2D eigenvalue weighted by Gasteiger charge is -2.49. The van der Waals surface area contributed by atoms with Crippen LogP contribution in [0.15, 0.2) is 11.2 Å². The number of rotatable bonds is 4. The van der Waals surface area contributed by atoms with E-state index in [0.29, 0.717) is 6.42 Å². The van der Waals surface area contributed by atoms with Crippen LogP contribution in [0.2, 0.25) is 0 Å². The minimum atomic E-state index is -4.01. The first-order valence-corrected chi connectivity index (χ1v) is 7.11. The third-order valence-electron chi connectivity index (χ3n) is 3.62. The van der Waals surface area contributed by atoms with Gasteiger partial charge in [-0.3, -0.25) is 5.10 Å². The Labute approximate surface area is 109 Å². The number of hydrogen-bond donors (Lipinski definition) is 4. The van der Waals surface area contributed by atoms with Crippen LogP contribution in [0, 0.1) is 5.41 Å². The molecule has 2 atom stereocenters. The molecular formula is C10H15N3O5S. The molecule has 8 nitrogen and oxygen atoms in total. The van der Waals surface area contributed by atoms with Crippen molar-refractivity contribution in [2.75, 3.05) is 0 Å². The minimum absolute atomic E-state index is 0.294. The van der Waals surface area contributed by atoms with Crippen LogP contribution in [-0.2, 0) is 10.0 Å². The van der Waals surface area contributed by atoms with E-state index in [2.05, 4.69) is 14.9 Å². The average molecular weight is 289 g/mol. The van der Waals surface area contributed by atoms with Gasteiger partial charge >= 0.3 is 5.97 Å². The van der Waals surface area contributed by atoms with Gasteiger partial charge in [0.25, 0.3) is 10.0 Å². The van der Waals surface area contributed by atoms with E-state index in [1.54, 1.807) is 13.8 Å². The Balaban J connectivity index is 2.25. The highest BCUT2D eigenvalue weighted by molar-refractivity contribution is 7.89. The van der Waals surface area contributed by atoms with Gasteiger partial charge in [-0.2, -0.15) is 5.10 Å². The number of aromatic amines is 1. The number of carboxylic acids is 1. The van der Waals surface area contributed by atoms with Crippen molar-refractivity contribution in [1.29, 1.82) is 0 Å². The Morgan fingerprint density at radius 2 is 2.21 bits per heavy atom. The third-order valence-corrected chi connectivity index (χ3v) is 5.06. The van der Waals surface area contributed by atoms with Crippen molar-refractivity contribution in [3.05, 3.63) is 11.8 Å². The lowest BCUT2D eigenvalue weighted by atomic mass is 9.65. The summed E-state index contributed by atoms with van der Waals surface area (Å²) in [6, 6.07) is -0.447. The maximum atomic E-state index is 12.1. The molecule has 0 radical (unpaired) electrons. The molecule has 2 unspecified atom stereocenters. The summed E-state index contributed by atoms with van der Waals surface area (Å²) in [5.74, 6) is -1.37. The second kappa shape index (κ2) is 4.29. The van der Waals surface area contributed by atoms with Crippen LogP contribution in [0.3, 0.4) is 0 Å². The zero-order valence-electron chi connectivity index (χ0n) is 10.4. The maximum Gasteiger partial charge on any atom is 0.340 e. The molecular weight excluding hydrogens is 274 g/mol. The number of carboxylic acid groups (broad SMARTS) is 1. The van der Waals surface area contributed by atoms with Crippen molar-refractivity contribution in [3.63, 3.8) is 0 Å². The van der Waals surface area contributed by atoms with E-state index in [1.807, 2.05) is 0 Å². The molecule has 1 fully saturated rings. The van der Waals surface area contributed by atoms with Gasteiger partial charge in [-0.05, 0) is 6.42 Å². The predicted molar refractivity (Wildman–Crippen MR) is 64.1 cm³/mol. The van der Waals surface area contributed by atoms with Crippen LogP contribution in [0.4, 0.5) is 0 Å². The van der Waals surface area contributed by atoms with Crippen molar-refractivity contribution in [2.45, 2.75) is 37.4 Å². The molecule has 0 bridgehead atoms. The normalized spacial score (nSPS) is 25.8. The standard InChI is InChI=1S/C10H15N3O5S/c1-10(2)6(3-7(10)14)13-19(17,18)8-5(9(15)16)4-11-12-8/h4,6-7,13-14H,3H2,1-2H3,(H,11,12)(H,15,16). The van der Waals surface area contributed by atoms with E-state index in [9.17, 15) is 18.3 Å². The molecule has 1 aliphatic rings. The third kappa shape index (κ3) is 2.24. The van der Waals surface area contributed by atoms with Gasteiger partial charge in [0.15, 0.2) is 5.03 Å². The zero-order chi connectivity index (χ0) is 14.4. The fourth-order valence-electron chi connectivity index (χ4n) is 1.98. The Morgan fingerprint density at radius 1 is 1.58 bits per heavy atom. The second-order valence-electron chi connectivity index (χ2n) is 5.16. The number of aliphatic hydroxyl groups is 1. The maximum absolute atomic E-state index is 12.1. The monoisotopic (exact) mass is 289 g/mol. The Hall–Kier alpha value is -1.45. The lowest BCUT2D eigenvalue weighted by Crippen LogP contribution is -2.61. The molecule has 9 heteroatoms. The van der Waals surface area contributed by atoms with Crippen LogP contribution in [0.1, 0.15) is 30.6 Å². The molecule has 0 aliphatic heterocycles. The molecule has 106 valence electrons. The van der Waals surface area contributed by atoms with Crippen molar-refractivity contribution >= 4 is 16.0 Å². The summed E-state index contributed by atoms with van der Waals surface area (Å²) in [5, 5.41) is 23.6. The van der Waals surface area contributed by atoms with Gasteiger partial charge in [0.1, 0.15) is 5.56 Å². The molecule has 1 aliphatic carbocycles. The lowest BCUT2D eigenvalue weighted by molar-refractivity contribution is -0.0645. The Kier molecular flexibility index (Phi) is 3.15. The second-order valence-corrected chi connectivity index (χ2v) is 6.82. The van der Waals surface area contributed by atoms with E-state index in [0.717, 1.165) is 6.20 Å². The minimum Gasteiger partial charge on any atom is -0.478 e. The number of sulfonamides is 1. The SMILES string of the molecule is CC1(C)C(O)CC1NS(=O)(=O)c1[nH]ncc1C(=O)O. The van der Waals surface area contributed by atoms with E-state index >= 15 is 0 Å². The average Bonchev–Trinajstić information content (AvgIpc) is 2.78. The topological polar surface area (TPSA) is 132 Å². The first-order valence-electron chi connectivity index (χ1n) is 5.63. The van der Waals surface area contributed by atoms with Crippen molar-refractivity contribution < 1.29 is 23.4 Å². The van der Waals surface area contributed by atoms with Crippen molar-refractivity contribution in [2.24, 2.45) is 5.41 Å². The van der Waals surface area contributed by atoms with Gasteiger partial charge in [0.2, 0.25) is 0 Å². The van der Waals surface area contributed by atoms with Crippen LogP contribution < -0.4 is 4.72 Å². The number of aromatic nitrogens is 2. The van der Waals surface area contributed by atoms with Crippen LogP contribution in [0.5, 0.6) is 0 Å². The van der Waals surface area contributed by atoms with Crippen LogP contribution in [-0.4, -0.2) is 46.9 Å². The van der Waals surface area contributed by atoms with Gasteiger partial charge in [0.05, 0.1) is 12.3 Å². The summed E-state index contributed by atoms with van der Waals surface area (Å²) >= 11 is 0. The number of aliphatic hydroxyl groups excluding tert-OH is 1. The molecule has 19 heavy (non-hydrogen) atoms. The summed E-state index contributed by atoms with van der Waals surface area (Å²) < 4.78 is 26.6. The molecule has 0 spiro atoms. The summed E-state index contributed by atoms with van der Waals surface area (Å²) in [7, 11) is -4.01. The zero-order valence-corrected chi connectivity index (χ0v) is 11.2. The highest BCUT2D eigenvalue weighted by Crippen LogP contribution is 2.41. The number of nitrogens with one attached hydrogen (secondary N) is 2. The van der Waals surface area contributed by atoms with Crippen molar-refractivity contribution in [3.8, 4) is 0 Å². The van der Waals surface area contributed by atoms with Crippen molar-refractivity contribution in [1.82, 2.24) is 14.9 Å². The first kappa shape index (κ1) is 14.0. The molecule has 0 amide bonds. The van der Waals surface area contributed by atoms with E-state index in [-0.39, 0.29) is 0 Å². The fourth-order valence-corrected chi connectivity index (χ4v) is 3.47. The number of H-pyrrole nitrogens is 1. The molecule has 1 aromatic rings. The molecule has 1 saturated carbocycles. The van der Waals surface area contributed by atoms with E-state index < -0.39 is 44.1 Å². The largest absolute Gasteiger partial charge is 0.478 e. The fraction of sp³-hybridized carbons (Fsp3) is 0.600. The molecule has 0 saturated heterocycles. The van der Waals surface area contributed by atoms with Gasteiger partial charge in [-0.25, -0.2) is 17.9 Å². The Morgan fingerprint density at radius 3 is 2.68 bits per heavy atom. The summed E-state index contributed by atoms with van der Waals surface area (Å²) in [5.41, 5.74) is -0.999. The van der Waals surface area contributed by atoms with Gasteiger partial charge in [-0.1, -0.05) is 13.8 Å². The molecule has 0 aromatic carbocycles. The predicted octanol–water partition coefficient (Wildman–Crippen LogP) is -0.454. The molecule has 1 aromatic heterocycles. The van der Waals surface area contributed by atoms with Gasteiger partial charge < -0.3 is 10.2 Å². The number of carbonyl (C=O) groups is 1. The highest BCUT2D eigenvalue weighted by Gasteiger charge is 2.49.